The number of anilines is 2. The van der Waals surface area contributed by atoms with Gasteiger partial charge in [0.1, 0.15) is 0 Å². The van der Waals surface area contributed by atoms with Gasteiger partial charge in [-0.3, -0.25) is 14.3 Å². The van der Waals surface area contributed by atoms with Crippen LogP contribution in [0.15, 0.2) is 47.4 Å². The zero-order valence-corrected chi connectivity index (χ0v) is 18.6. The maximum Gasteiger partial charge on any atom is 0.262 e. The summed E-state index contributed by atoms with van der Waals surface area (Å²) in [5, 5.41) is 0. The van der Waals surface area contributed by atoms with Crippen molar-refractivity contribution in [1.82, 2.24) is 0 Å². The number of nitrogens with zero attached hydrogens (tertiary/aromatic N) is 1. The van der Waals surface area contributed by atoms with Crippen molar-refractivity contribution in [3.8, 4) is 0 Å². The van der Waals surface area contributed by atoms with E-state index < -0.39 is 31.4 Å². The Hall–Kier alpha value is -2.72. The number of ketones is 1. The molecule has 0 unspecified atom stereocenters. The summed E-state index contributed by atoms with van der Waals surface area (Å²) < 4.78 is 53.7. The van der Waals surface area contributed by atoms with E-state index in [-0.39, 0.29) is 33.4 Å². The summed E-state index contributed by atoms with van der Waals surface area (Å²) in [6.45, 7) is 6.00. The van der Waals surface area contributed by atoms with Crippen LogP contribution in [0.4, 0.5) is 11.4 Å². The molecule has 2 aromatic carbocycles. The van der Waals surface area contributed by atoms with Crippen molar-refractivity contribution in [2.45, 2.75) is 32.6 Å². The van der Waals surface area contributed by atoms with E-state index in [4.69, 9.17) is 0 Å². The highest BCUT2D eigenvalue weighted by Crippen LogP contribution is 2.36. The molecule has 0 saturated carbocycles. The highest BCUT2D eigenvalue weighted by molar-refractivity contribution is 7.94. The smallest absolute Gasteiger partial charge is 0.262 e. The monoisotopic (exact) mass is 450 g/mol. The quantitative estimate of drug-likeness (QED) is 0.700. The number of carbonyl (C=O) groups is 2. The molecule has 1 fully saturated rings. The summed E-state index contributed by atoms with van der Waals surface area (Å²) in [7, 11) is -7.84. The van der Waals surface area contributed by atoms with Crippen LogP contribution in [0.3, 0.4) is 0 Å². The fraction of sp³-hybridized carbons (Fsp3) is 0.300. The third-order valence-corrected chi connectivity index (χ3v) is 8.35. The molecule has 1 amide bonds. The fourth-order valence-corrected chi connectivity index (χ4v) is 6.71. The van der Waals surface area contributed by atoms with Crippen molar-refractivity contribution in [3.05, 3.63) is 53.6 Å². The molecule has 0 bridgehead atoms. The Kier molecular flexibility index (Phi) is 5.28. The molecule has 1 aliphatic rings. The number of rotatable bonds is 5. The molecular weight excluding hydrogens is 428 g/mol. The molecule has 2 aromatic rings. The number of Topliss-reactive ketones (excluding diaryl/α,β-unsaturated/α-hetero) is 1. The average Bonchev–Trinajstić information content (AvgIpc) is 2.77. The summed E-state index contributed by atoms with van der Waals surface area (Å²) in [5.74, 6) is -1.07. The van der Waals surface area contributed by atoms with Gasteiger partial charge in [0.2, 0.25) is 15.9 Å². The highest BCUT2D eigenvalue weighted by atomic mass is 32.2. The standard InChI is InChI=1S/C20H22N2O6S2/c1-13-10-17(22-19(24)20(3,4)12-29(22,25)26)8-9-18(13)30(27,28)21-16-7-5-6-15(11-16)14(2)23/h5-11,21H,12H2,1-4H3. The second kappa shape index (κ2) is 7.21. The molecule has 1 saturated heterocycles. The van der Waals surface area contributed by atoms with Gasteiger partial charge in [0.25, 0.3) is 10.0 Å². The van der Waals surface area contributed by atoms with Crippen LogP contribution in [0.2, 0.25) is 0 Å². The Morgan fingerprint density at radius 1 is 1.13 bits per heavy atom. The lowest BCUT2D eigenvalue weighted by Crippen LogP contribution is -2.33. The molecule has 1 heterocycles. The second-order valence-electron chi connectivity index (χ2n) is 7.90. The number of amides is 1. The van der Waals surface area contributed by atoms with Gasteiger partial charge in [-0.2, -0.15) is 0 Å². The molecule has 30 heavy (non-hydrogen) atoms. The normalized spacial score (nSPS) is 17.7. The van der Waals surface area contributed by atoms with Crippen molar-refractivity contribution in [1.29, 1.82) is 0 Å². The number of aryl methyl sites for hydroxylation is 1. The van der Waals surface area contributed by atoms with Gasteiger partial charge < -0.3 is 0 Å². The second-order valence-corrected chi connectivity index (χ2v) is 11.4. The Balaban J connectivity index is 1.96. The van der Waals surface area contributed by atoms with E-state index in [1.54, 1.807) is 26.0 Å². The van der Waals surface area contributed by atoms with Crippen LogP contribution in [-0.4, -0.2) is 34.3 Å². The molecule has 8 nitrogen and oxygen atoms in total. The van der Waals surface area contributed by atoms with Crippen molar-refractivity contribution >= 4 is 43.1 Å². The lowest BCUT2D eigenvalue weighted by Gasteiger charge is -2.19. The Morgan fingerprint density at radius 2 is 1.80 bits per heavy atom. The van der Waals surface area contributed by atoms with Crippen molar-refractivity contribution in [2.75, 3.05) is 14.8 Å². The van der Waals surface area contributed by atoms with Crippen LogP contribution in [0.5, 0.6) is 0 Å². The van der Waals surface area contributed by atoms with Crippen LogP contribution in [0.1, 0.15) is 36.7 Å². The highest BCUT2D eigenvalue weighted by Gasteiger charge is 2.50. The maximum absolute atomic E-state index is 12.8. The van der Waals surface area contributed by atoms with Crippen LogP contribution in [0.25, 0.3) is 0 Å². The molecule has 1 N–H and O–H groups in total. The molecule has 160 valence electrons. The predicted molar refractivity (Wildman–Crippen MR) is 113 cm³/mol. The van der Waals surface area contributed by atoms with E-state index in [0.29, 0.717) is 5.56 Å². The summed E-state index contributed by atoms with van der Waals surface area (Å²) in [4.78, 5) is 24.0. The fourth-order valence-electron chi connectivity index (χ4n) is 3.33. The summed E-state index contributed by atoms with van der Waals surface area (Å²) >= 11 is 0. The van der Waals surface area contributed by atoms with E-state index in [2.05, 4.69) is 4.72 Å². The summed E-state index contributed by atoms with van der Waals surface area (Å²) in [6, 6.07) is 10.0. The third kappa shape index (κ3) is 3.97. The Morgan fingerprint density at radius 3 is 2.33 bits per heavy atom. The molecule has 0 spiro atoms. The molecule has 0 radical (unpaired) electrons. The topological polar surface area (TPSA) is 118 Å². The maximum atomic E-state index is 12.8. The number of nitrogens with one attached hydrogen (secondary N) is 1. The van der Waals surface area contributed by atoms with E-state index >= 15 is 0 Å². The first kappa shape index (κ1) is 22.0. The van der Waals surface area contributed by atoms with E-state index in [0.717, 1.165) is 4.31 Å². The number of sulfonamides is 2. The van der Waals surface area contributed by atoms with Gasteiger partial charge in [0.05, 0.1) is 21.8 Å². The lowest BCUT2D eigenvalue weighted by molar-refractivity contribution is -0.123. The van der Waals surface area contributed by atoms with E-state index in [9.17, 15) is 26.4 Å². The largest absolute Gasteiger partial charge is 0.295 e. The minimum absolute atomic E-state index is 0.0669. The zero-order valence-electron chi connectivity index (χ0n) is 17.0. The predicted octanol–water partition coefficient (Wildman–Crippen LogP) is 2.70. The number of hydrogen-bond acceptors (Lipinski definition) is 6. The zero-order chi connectivity index (χ0) is 22.5. The Labute approximate surface area is 176 Å². The number of benzene rings is 2. The van der Waals surface area contributed by atoms with Gasteiger partial charge >= 0.3 is 0 Å². The van der Waals surface area contributed by atoms with Crippen LogP contribution in [0, 0.1) is 12.3 Å². The van der Waals surface area contributed by atoms with Gasteiger partial charge in [0, 0.05) is 11.3 Å². The Bertz CT molecular complexity index is 1260. The summed E-state index contributed by atoms with van der Waals surface area (Å²) in [5.41, 5.74) is -0.0929. The minimum Gasteiger partial charge on any atom is -0.295 e. The van der Waals surface area contributed by atoms with Gasteiger partial charge in [-0.1, -0.05) is 12.1 Å². The van der Waals surface area contributed by atoms with E-state index in [1.165, 1.54) is 44.2 Å². The molecule has 0 atom stereocenters. The molecule has 3 rings (SSSR count). The molecule has 1 aliphatic heterocycles. The van der Waals surface area contributed by atoms with Crippen LogP contribution >= 0.6 is 0 Å². The van der Waals surface area contributed by atoms with Crippen molar-refractivity contribution in [2.24, 2.45) is 5.41 Å². The third-order valence-electron chi connectivity index (χ3n) is 4.79. The lowest BCUT2D eigenvalue weighted by atomic mass is 9.95. The molecule has 0 aromatic heterocycles. The first-order valence-corrected chi connectivity index (χ1v) is 12.2. The number of hydrogen-bond donors (Lipinski definition) is 1. The first-order valence-electron chi connectivity index (χ1n) is 9.06. The van der Waals surface area contributed by atoms with E-state index in [1.807, 2.05) is 0 Å². The van der Waals surface area contributed by atoms with Crippen molar-refractivity contribution < 1.29 is 26.4 Å². The van der Waals surface area contributed by atoms with Crippen molar-refractivity contribution in [3.63, 3.8) is 0 Å². The van der Waals surface area contributed by atoms with Gasteiger partial charge in [-0.15, -0.1) is 0 Å². The van der Waals surface area contributed by atoms with Crippen LogP contribution < -0.4 is 9.03 Å². The minimum atomic E-state index is -4.01. The van der Waals surface area contributed by atoms with Gasteiger partial charge in [-0.25, -0.2) is 21.1 Å². The SMILES string of the molecule is CC(=O)c1cccc(NS(=O)(=O)c2ccc(N3C(=O)C(C)(C)CS3(=O)=O)cc2C)c1. The van der Waals surface area contributed by atoms with Crippen LogP contribution in [-0.2, 0) is 24.8 Å². The first-order chi connectivity index (χ1) is 13.7. The average molecular weight is 451 g/mol. The number of carbonyl (C=O) groups excluding carboxylic acids is 2. The van der Waals surface area contributed by atoms with Gasteiger partial charge in [0.15, 0.2) is 5.78 Å². The molecule has 10 heteroatoms. The molecule has 0 aliphatic carbocycles. The summed E-state index contributed by atoms with van der Waals surface area (Å²) in [6.07, 6.45) is 0. The van der Waals surface area contributed by atoms with Gasteiger partial charge in [-0.05, 0) is 63.6 Å². The molecular formula is C20H22N2O6S2.